The smallest absolute Gasteiger partial charge is 0.303 e. The molecule has 1 rings (SSSR count). The van der Waals surface area contributed by atoms with E-state index in [2.05, 4.69) is 6.92 Å². The Balaban J connectivity index is 2.48. The van der Waals surface area contributed by atoms with Gasteiger partial charge in [0, 0.05) is 25.2 Å². The van der Waals surface area contributed by atoms with Gasteiger partial charge in [-0.2, -0.15) is 0 Å². The summed E-state index contributed by atoms with van der Waals surface area (Å²) >= 11 is 0. The molecule has 142 valence electrons. The molecule has 1 fully saturated rings. The average molecular weight is 352 g/mol. The molecule has 0 unspecified atom stereocenters. The summed E-state index contributed by atoms with van der Waals surface area (Å²) in [5.74, 6) is -1.04. The summed E-state index contributed by atoms with van der Waals surface area (Å²) < 4.78 is 0. The van der Waals surface area contributed by atoms with Crippen molar-refractivity contribution in [2.45, 2.75) is 76.9 Å². The lowest BCUT2D eigenvalue weighted by Gasteiger charge is -2.19. The number of hydrogen-bond donors (Lipinski definition) is 3. The number of ketones is 1. The van der Waals surface area contributed by atoms with E-state index in [0.717, 1.165) is 19.3 Å². The van der Waals surface area contributed by atoms with Gasteiger partial charge < -0.3 is 15.3 Å². The summed E-state index contributed by atoms with van der Waals surface area (Å²) in [6, 6.07) is 0. The van der Waals surface area contributed by atoms with Gasteiger partial charge in [-0.1, -0.05) is 38.0 Å². The molecule has 0 aliphatic heterocycles. The van der Waals surface area contributed by atoms with Crippen molar-refractivity contribution in [1.29, 1.82) is 0 Å². The first-order valence-corrected chi connectivity index (χ1v) is 9.39. The number of hydrogen-bond acceptors (Lipinski definition) is 4. The van der Waals surface area contributed by atoms with Crippen molar-refractivity contribution in [1.82, 2.24) is 0 Å². The van der Waals surface area contributed by atoms with Gasteiger partial charge in [0.15, 0.2) is 5.78 Å². The Morgan fingerprint density at radius 2 is 1.80 bits per heavy atom. The average Bonchev–Trinajstić information content (AvgIpc) is 2.82. The molecule has 1 saturated carbocycles. The molecule has 5 heteroatoms. The number of allylic oxidation sites excluding steroid dienone is 3. The Bertz CT molecular complexity index is 469. The zero-order chi connectivity index (χ0) is 18.7. The number of aliphatic carboxylic acids is 1. The van der Waals surface area contributed by atoms with E-state index in [1.165, 1.54) is 0 Å². The highest BCUT2D eigenvalue weighted by molar-refractivity contribution is 5.89. The summed E-state index contributed by atoms with van der Waals surface area (Å²) in [7, 11) is 0. The van der Waals surface area contributed by atoms with Gasteiger partial charge in [0.1, 0.15) is 0 Å². The van der Waals surface area contributed by atoms with Gasteiger partial charge in [0.05, 0.1) is 12.2 Å². The molecule has 4 atom stereocenters. The summed E-state index contributed by atoms with van der Waals surface area (Å²) in [6.07, 6.45) is 11.9. The zero-order valence-corrected chi connectivity index (χ0v) is 15.1. The van der Waals surface area contributed by atoms with Crippen molar-refractivity contribution in [3.8, 4) is 0 Å². The molecule has 0 spiro atoms. The normalized spacial score (nSPS) is 26.7. The highest BCUT2D eigenvalue weighted by Gasteiger charge is 2.39. The van der Waals surface area contributed by atoms with E-state index in [1.807, 2.05) is 12.2 Å². The van der Waals surface area contributed by atoms with Crippen molar-refractivity contribution >= 4 is 11.8 Å². The second-order valence-corrected chi connectivity index (χ2v) is 6.89. The molecule has 0 heterocycles. The molecule has 3 N–H and O–H groups in total. The van der Waals surface area contributed by atoms with E-state index >= 15 is 0 Å². The molecular weight excluding hydrogens is 320 g/mol. The molecule has 1 aliphatic carbocycles. The predicted molar refractivity (Wildman–Crippen MR) is 97.1 cm³/mol. The van der Waals surface area contributed by atoms with Crippen molar-refractivity contribution in [3.05, 3.63) is 24.3 Å². The number of aliphatic hydroxyl groups excluding tert-OH is 2. The molecule has 0 aromatic heterocycles. The van der Waals surface area contributed by atoms with E-state index in [0.29, 0.717) is 32.1 Å². The topological polar surface area (TPSA) is 94.8 Å². The molecule has 0 amide bonds. The Labute approximate surface area is 150 Å². The molecule has 0 bridgehead atoms. The molecule has 0 saturated heterocycles. The predicted octanol–water partition coefficient (Wildman–Crippen LogP) is 3.25. The van der Waals surface area contributed by atoms with E-state index in [1.54, 1.807) is 12.2 Å². The highest BCUT2D eigenvalue weighted by Crippen LogP contribution is 2.36. The number of carbonyl (C=O) groups excluding carboxylic acids is 1. The van der Waals surface area contributed by atoms with Gasteiger partial charge in [-0.15, -0.1) is 0 Å². The van der Waals surface area contributed by atoms with Crippen LogP contribution in [0.15, 0.2) is 24.3 Å². The number of carboxylic acids is 1. The van der Waals surface area contributed by atoms with Crippen molar-refractivity contribution in [2.24, 2.45) is 11.8 Å². The van der Waals surface area contributed by atoms with Crippen LogP contribution in [0.25, 0.3) is 0 Å². The van der Waals surface area contributed by atoms with Crippen LogP contribution < -0.4 is 0 Å². The minimum absolute atomic E-state index is 0.0741. The lowest BCUT2D eigenvalue weighted by atomic mass is 9.89. The number of carboxylic acid groups (broad SMARTS) is 1. The Morgan fingerprint density at radius 3 is 2.48 bits per heavy atom. The Hall–Kier alpha value is -1.46. The molecule has 0 aromatic rings. The third-order valence-corrected chi connectivity index (χ3v) is 4.78. The van der Waals surface area contributed by atoms with Crippen molar-refractivity contribution < 1.29 is 24.9 Å². The standard InChI is InChI=1S/C20H32O5/c1-2-3-6-9-15(21)12-13-17-16(18(22)14-19(17)23)10-7-4-5-8-11-20(24)25/h4,7,12-13,16-19,22-23H,2-3,5-6,8-11,14H2,1H3,(H,24,25)/b7-4+,13-12+/t16-,17+,18-,19+/m0/s1. The van der Waals surface area contributed by atoms with Gasteiger partial charge in [-0.05, 0) is 37.7 Å². The maximum atomic E-state index is 11.9. The van der Waals surface area contributed by atoms with Crippen LogP contribution in [-0.2, 0) is 9.59 Å². The van der Waals surface area contributed by atoms with Gasteiger partial charge in [0.25, 0.3) is 0 Å². The molecule has 0 aromatic carbocycles. The molecule has 1 aliphatic rings. The van der Waals surface area contributed by atoms with E-state index in [4.69, 9.17) is 5.11 Å². The van der Waals surface area contributed by atoms with Crippen LogP contribution in [-0.4, -0.2) is 39.3 Å². The first kappa shape index (κ1) is 21.6. The Kier molecular flexibility index (Phi) is 10.3. The lowest BCUT2D eigenvalue weighted by Crippen LogP contribution is -2.20. The fourth-order valence-electron chi connectivity index (χ4n) is 3.30. The Morgan fingerprint density at radius 1 is 1.04 bits per heavy atom. The van der Waals surface area contributed by atoms with Gasteiger partial charge in [-0.3, -0.25) is 9.59 Å². The third-order valence-electron chi connectivity index (χ3n) is 4.78. The number of rotatable bonds is 12. The maximum absolute atomic E-state index is 11.9. The summed E-state index contributed by atoms with van der Waals surface area (Å²) in [5.41, 5.74) is 0. The van der Waals surface area contributed by atoms with Crippen LogP contribution in [0, 0.1) is 11.8 Å². The van der Waals surface area contributed by atoms with Crippen LogP contribution in [0.2, 0.25) is 0 Å². The van der Waals surface area contributed by atoms with E-state index in [9.17, 15) is 19.8 Å². The quantitative estimate of drug-likeness (QED) is 0.285. The molecule has 5 nitrogen and oxygen atoms in total. The lowest BCUT2D eigenvalue weighted by molar-refractivity contribution is -0.137. The minimum atomic E-state index is -0.795. The number of unbranched alkanes of at least 4 members (excludes halogenated alkanes) is 3. The van der Waals surface area contributed by atoms with Crippen molar-refractivity contribution in [2.75, 3.05) is 0 Å². The van der Waals surface area contributed by atoms with Crippen LogP contribution in [0.5, 0.6) is 0 Å². The number of carbonyl (C=O) groups is 2. The SMILES string of the molecule is CCCCCC(=O)/C=C/[C@@H]1[C@H](C/C=C/CCCC(=O)O)[C@@H](O)C[C@H]1O. The zero-order valence-electron chi connectivity index (χ0n) is 15.1. The second kappa shape index (κ2) is 12.0. The van der Waals surface area contributed by atoms with Gasteiger partial charge in [0.2, 0.25) is 0 Å². The third kappa shape index (κ3) is 8.45. The first-order valence-electron chi connectivity index (χ1n) is 9.39. The second-order valence-electron chi connectivity index (χ2n) is 6.89. The van der Waals surface area contributed by atoms with Crippen LogP contribution in [0.1, 0.15) is 64.7 Å². The maximum Gasteiger partial charge on any atom is 0.303 e. The molecule has 0 radical (unpaired) electrons. The monoisotopic (exact) mass is 352 g/mol. The molecular formula is C20H32O5. The summed E-state index contributed by atoms with van der Waals surface area (Å²) in [6.45, 7) is 2.09. The van der Waals surface area contributed by atoms with Crippen LogP contribution in [0.3, 0.4) is 0 Å². The minimum Gasteiger partial charge on any atom is -0.481 e. The summed E-state index contributed by atoms with van der Waals surface area (Å²) in [4.78, 5) is 22.3. The fraction of sp³-hybridized carbons (Fsp3) is 0.700. The van der Waals surface area contributed by atoms with Crippen LogP contribution in [0.4, 0.5) is 0 Å². The van der Waals surface area contributed by atoms with E-state index in [-0.39, 0.29) is 24.0 Å². The van der Waals surface area contributed by atoms with Gasteiger partial charge >= 0.3 is 5.97 Å². The van der Waals surface area contributed by atoms with Crippen LogP contribution >= 0.6 is 0 Å². The fourth-order valence-corrected chi connectivity index (χ4v) is 3.30. The molecule has 25 heavy (non-hydrogen) atoms. The van der Waals surface area contributed by atoms with E-state index < -0.39 is 18.2 Å². The summed E-state index contributed by atoms with van der Waals surface area (Å²) in [5, 5.41) is 28.9. The van der Waals surface area contributed by atoms with Gasteiger partial charge in [-0.25, -0.2) is 0 Å². The van der Waals surface area contributed by atoms with Crippen molar-refractivity contribution in [3.63, 3.8) is 0 Å². The largest absolute Gasteiger partial charge is 0.481 e. The highest BCUT2D eigenvalue weighted by atomic mass is 16.4. The number of aliphatic hydroxyl groups is 2. The first-order chi connectivity index (χ1) is 12.0.